The minimum atomic E-state index is -0.00497. The first-order valence-corrected chi connectivity index (χ1v) is 9.98. The Hall–Kier alpha value is -1.35. The van der Waals surface area contributed by atoms with Gasteiger partial charge in [-0.25, -0.2) is 4.99 Å². The number of hydrogen-bond acceptors (Lipinski definition) is 3. The predicted octanol–water partition coefficient (Wildman–Crippen LogP) is 2.53. The van der Waals surface area contributed by atoms with Gasteiger partial charge in [0.05, 0.1) is 6.10 Å². The van der Waals surface area contributed by atoms with Gasteiger partial charge in [0.1, 0.15) is 6.54 Å². The highest BCUT2D eigenvalue weighted by atomic mass is 127. The second-order valence-corrected chi connectivity index (χ2v) is 7.82. The maximum Gasteiger partial charge on any atom is 0.243 e. The number of ether oxygens (including phenoxy) is 1. The van der Waals surface area contributed by atoms with Crippen molar-refractivity contribution >= 4 is 35.8 Å². The molecule has 2 aliphatic rings. The van der Waals surface area contributed by atoms with E-state index >= 15 is 0 Å². The number of nitrogens with one attached hydrogen (secondary N) is 2. The predicted molar refractivity (Wildman–Crippen MR) is 123 cm³/mol. The van der Waals surface area contributed by atoms with Crippen LogP contribution in [-0.2, 0) is 14.9 Å². The van der Waals surface area contributed by atoms with Gasteiger partial charge in [-0.2, -0.15) is 0 Å². The molecule has 2 fully saturated rings. The molecule has 28 heavy (non-hydrogen) atoms. The normalized spacial score (nSPS) is 20.6. The standard InChI is InChI=1S/C21H32N4O2.HI/c1-25(2)19(26)15-23-20(22-14-18-10-6-13-27-18)24-16-21(11-7-12-21)17-8-4-3-5-9-17;/h3-5,8-9,18H,6-7,10-16H2,1-2H3,(H2,22,23,24);1H. The summed E-state index contributed by atoms with van der Waals surface area (Å²) in [5, 5.41) is 6.86. The molecule has 1 atom stereocenters. The van der Waals surface area contributed by atoms with E-state index in [4.69, 9.17) is 4.74 Å². The molecule has 1 aliphatic heterocycles. The van der Waals surface area contributed by atoms with Crippen LogP contribution >= 0.6 is 24.0 Å². The molecular weight excluding hydrogens is 467 g/mol. The van der Waals surface area contributed by atoms with Crippen molar-refractivity contribution in [1.29, 1.82) is 0 Å². The molecule has 2 N–H and O–H groups in total. The number of hydrogen-bond donors (Lipinski definition) is 2. The molecule has 6 nitrogen and oxygen atoms in total. The Labute approximate surface area is 185 Å². The smallest absolute Gasteiger partial charge is 0.243 e. The summed E-state index contributed by atoms with van der Waals surface area (Å²) in [6.07, 6.45) is 6.03. The number of rotatable bonds is 7. The first-order chi connectivity index (χ1) is 13.1. The van der Waals surface area contributed by atoms with Crippen molar-refractivity contribution in [1.82, 2.24) is 15.5 Å². The van der Waals surface area contributed by atoms with E-state index in [1.807, 2.05) is 0 Å². The van der Waals surface area contributed by atoms with E-state index < -0.39 is 0 Å². The molecule has 1 aliphatic carbocycles. The van der Waals surface area contributed by atoms with Crippen LogP contribution in [0, 0.1) is 0 Å². The summed E-state index contributed by atoms with van der Waals surface area (Å²) in [4.78, 5) is 18.0. The van der Waals surface area contributed by atoms with Crippen molar-refractivity contribution in [3.8, 4) is 0 Å². The van der Waals surface area contributed by atoms with Crippen molar-refractivity contribution in [2.75, 3.05) is 40.3 Å². The Morgan fingerprint density at radius 3 is 2.54 bits per heavy atom. The van der Waals surface area contributed by atoms with Crippen molar-refractivity contribution < 1.29 is 9.53 Å². The molecule has 0 bridgehead atoms. The Kier molecular flexibility index (Phi) is 9.01. The van der Waals surface area contributed by atoms with Crippen LogP contribution < -0.4 is 10.6 Å². The van der Waals surface area contributed by atoms with Crippen molar-refractivity contribution in [2.24, 2.45) is 4.99 Å². The fourth-order valence-electron chi connectivity index (χ4n) is 3.69. The SMILES string of the molecule is CN(C)C(=O)CN=C(NCC1CCCO1)NCC1(c2ccccc2)CCC1.I. The van der Waals surface area contributed by atoms with Gasteiger partial charge < -0.3 is 20.3 Å². The number of aliphatic imine (C=N–C) groups is 1. The molecule has 0 radical (unpaired) electrons. The van der Waals surface area contributed by atoms with Gasteiger partial charge >= 0.3 is 0 Å². The number of amides is 1. The third-order valence-electron chi connectivity index (χ3n) is 5.68. The topological polar surface area (TPSA) is 66.0 Å². The Morgan fingerprint density at radius 2 is 1.96 bits per heavy atom. The summed E-state index contributed by atoms with van der Waals surface area (Å²) in [7, 11) is 3.51. The zero-order valence-electron chi connectivity index (χ0n) is 16.9. The molecule has 3 rings (SSSR count). The molecule has 1 amide bonds. The maximum absolute atomic E-state index is 11.9. The Morgan fingerprint density at radius 1 is 1.21 bits per heavy atom. The van der Waals surface area contributed by atoms with Crippen molar-refractivity contribution in [2.45, 2.75) is 43.6 Å². The molecule has 0 spiro atoms. The molecule has 7 heteroatoms. The fraction of sp³-hybridized carbons (Fsp3) is 0.619. The van der Waals surface area contributed by atoms with E-state index in [2.05, 4.69) is 46.0 Å². The third-order valence-corrected chi connectivity index (χ3v) is 5.68. The average Bonchev–Trinajstić information content (AvgIpc) is 3.16. The number of halogens is 1. The molecule has 156 valence electrons. The first-order valence-electron chi connectivity index (χ1n) is 9.98. The zero-order chi connectivity index (χ0) is 19.1. The van der Waals surface area contributed by atoms with E-state index in [9.17, 15) is 4.79 Å². The number of likely N-dealkylation sites (N-methyl/N-ethyl adjacent to an activating group) is 1. The number of benzene rings is 1. The monoisotopic (exact) mass is 500 g/mol. The summed E-state index contributed by atoms with van der Waals surface area (Å²) in [6, 6.07) is 10.7. The maximum atomic E-state index is 11.9. The van der Waals surface area contributed by atoms with E-state index in [0.717, 1.165) is 32.5 Å². The van der Waals surface area contributed by atoms with Crippen LogP contribution in [0.1, 0.15) is 37.7 Å². The van der Waals surface area contributed by atoms with Crippen LogP contribution in [0.4, 0.5) is 0 Å². The third kappa shape index (κ3) is 6.07. The molecule has 1 heterocycles. The van der Waals surface area contributed by atoms with Crippen molar-refractivity contribution in [3.05, 3.63) is 35.9 Å². The molecular formula is C21H33IN4O2. The highest BCUT2D eigenvalue weighted by Gasteiger charge is 2.38. The second-order valence-electron chi connectivity index (χ2n) is 7.82. The van der Waals surface area contributed by atoms with Crippen LogP contribution in [0.2, 0.25) is 0 Å². The average molecular weight is 500 g/mol. The van der Waals surface area contributed by atoms with Gasteiger partial charge in [-0.3, -0.25) is 4.79 Å². The summed E-state index contributed by atoms with van der Waals surface area (Å²) >= 11 is 0. The number of carbonyl (C=O) groups is 1. The van der Waals surface area contributed by atoms with Gasteiger partial charge in [0.15, 0.2) is 5.96 Å². The molecule has 1 aromatic rings. The summed E-state index contributed by atoms with van der Waals surface area (Å²) in [6.45, 7) is 2.53. The van der Waals surface area contributed by atoms with Crippen LogP contribution in [0.3, 0.4) is 0 Å². The van der Waals surface area contributed by atoms with Gasteiger partial charge in [-0.1, -0.05) is 36.8 Å². The summed E-state index contributed by atoms with van der Waals surface area (Å²) in [5.41, 5.74) is 1.55. The van der Waals surface area contributed by atoms with Crippen LogP contribution in [0.5, 0.6) is 0 Å². The largest absolute Gasteiger partial charge is 0.376 e. The van der Waals surface area contributed by atoms with Gasteiger partial charge in [-0.05, 0) is 31.2 Å². The molecule has 0 aromatic heterocycles. The molecule has 1 aromatic carbocycles. The lowest BCUT2D eigenvalue weighted by molar-refractivity contribution is -0.127. The highest BCUT2D eigenvalue weighted by Crippen LogP contribution is 2.43. The van der Waals surface area contributed by atoms with Gasteiger partial charge in [0.2, 0.25) is 5.91 Å². The molecule has 1 saturated carbocycles. The van der Waals surface area contributed by atoms with Gasteiger partial charge in [-0.15, -0.1) is 24.0 Å². The lowest BCUT2D eigenvalue weighted by atomic mass is 9.64. The van der Waals surface area contributed by atoms with E-state index in [1.54, 1.807) is 19.0 Å². The van der Waals surface area contributed by atoms with E-state index in [1.165, 1.54) is 24.8 Å². The quantitative estimate of drug-likeness (QED) is 0.343. The van der Waals surface area contributed by atoms with E-state index in [0.29, 0.717) is 5.96 Å². The minimum Gasteiger partial charge on any atom is -0.376 e. The van der Waals surface area contributed by atoms with E-state index in [-0.39, 0.29) is 47.9 Å². The number of carbonyl (C=O) groups excluding carboxylic acids is 1. The molecule has 1 unspecified atom stereocenters. The van der Waals surface area contributed by atoms with Gasteiger partial charge in [0.25, 0.3) is 0 Å². The summed E-state index contributed by atoms with van der Waals surface area (Å²) < 4.78 is 5.69. The van der Waals surface area contributed by atoms with Crippen molar-refractivity contribution in [3.63, 3.8) is 0 Å². The lowest BCUT2D eigenvalue weighted by Crippen LogP contribution is -2.50. The summed E-state index contributed by atoms with van der Waals surface area (Å²) in [5.74, 6) is 0.692. The van der Waals surface area contributed by atoms with Crippen LogP contribution in [-0.4, -0.2) is 63.2 Å². The fourth-order valence-corrected chi connectivity index (χ4v) is 3.69. The zero-order valence-corrected chi connectivity index (χ0v) is 19.3. The Bertz CT molecular complexity index is 641. The second kappa shape index (κ2) is 11.0. The lowest BCUT2D eigenvalue weighted by Gasteiger charge is -2.43. The molecule has 1 saturated heterocycles. The van der Waals surface area contributed by atoms with Gasteiger partial charge in [0, 0.05) is 39.2 Å². The van der Waals surface area contributed by atoms with Crippen LogP contribution in [0.25, 0.3) is 0 Å². The first kappa shape index (κ1) is 22.9. The highest BCUT2D eigenvalue weighted by molar-refractivity contribution is 14.0. The Balaban J connectivity index is 0.00000280. The minimum absolute atomic E-state index is 0. The number of guanidine groups is 1. The van der Waals surface area contributed by atoms with Crippen LogP contribution in [0.15, 0.2) is 35.3 Å². The number of nitrogens with zero attached hydrogens (tertiary/aromatic N) is 2.